The van der Waals surface area contributed by atoms with Gasteiger partial charge in [-0.1, -0.05) is 6.92 Å². The first-order chi connectivity index (χ1) is 7.75. The Hall–Kier alpha value is -0.0800. The molecule has 0 aromatic rings. The zero-order valence-electron chi connectivity index (χ0n) is 10.3. The van der Waals surface area contributed by atoms with Gasteiger partial charge in [0.1, 0.15) is 0 Å². The predicted molar refractivity (Wildman–Crippen MR) is 64.9 cm³/mol. The molecule has 90 valence electrons. The third-order valence-corrected chi connectivity index (χ3v) is 6.12. The van der Waals surface area contributed by atoms with Crippen LogP contribution in [-0.4, -0.2) is 30.1 Å². The van der Waals surface area contributed by atoms with Crippen molar-refractivity contribution in [3.63, 3.8) is 0 Å². The molecule has 1 aliphatic heterocycles. The molecule has 4 rings (SSSR count). The van der Waals surface area contributed by atoms with Crippen LogP contribution >= 0.6 is 0 Å². The second-order valence-electron chi connectivity index (χ2n) is 6.90. The van der Waals surface area contributed by atoms with E-state index in [1.807, 2.05) is 0 Å². The Labute approximate surface area is 98.6 Å². The molecule has 2 N–H and O–H groups in total. The molecule has 2 heteroatoms. The van der Waals surface area contributed by atoms with Crippen LogP contribution in [0.4, 0.5) is 0 Å². The average molecular weight is 220 g/mol. The molecule has 0 amide bonds. The molecule has 1 heterocycles. The normalized spacial score (nSPS) is 60.0. The molecule has 2 nitrogen and oxygen atoms in total. The van der Waals surface area contributed by atoms with Crippen molar-refractivity contribution < 1.29 is 0 Å². The van der Waals surface area contributed by atoms with E-state index in [0.717, 1.165) is 29.7 Å². The number of rotatable bonds is 1. The maximum absolute atomic E-state index is 6.12. The molecule has 6 atom stereocenters. The van der Waals surface area contributed by atoms with Gasteiger partial charge in [-0.3, -0.25) is 4.90 Å². The molecule has 2 bridgehead atoms. The van der Waals surface area contributed by atoms with E-state index in [1.54, 1.807) is 19.3 Å². The molecule has 6 unspecified atom stereocenters. The van der Waals surface area contributed by atoms with Crippen molar-refractivity contribution in [3.05, 3.63) is 0 Å². The summed E-state index contributed by atoms with van der Waals surface area (Å²) in [7, 11) is 0. The molecule has 16 heavy (non-hydrogen) atoms. The van der Waals surface area contributed by atoms with Crippen LogP contribution in [-0.2, 0) is 0 Å². The fourth-order valence-corrected chi connectivity index (χ4v) is 5.23. The topological polar surface area (TPSA) is 29.3 Å². The van der Waals surface area contributed by atoms with Gasteiger partial charge in [-0.05, 0) is 61.8 Å². The highest BCUT2D eigenvalue weighted by Gasteiger charge is 2.66. The van der Waals surface area contributed by atoms with Crippen LogP contribution in [0.15, 0.2) is 0 Å². The summed E-state index contributed by atoms with van der Waals surface area (Å²) in [6.45, 7) is 4.89. The van der Waals surface area contributed by atoms with E-state index in [-0.39, 0.29) is 0 Å². The summed E-state index contributed by atoms with van der Waals surface area (Å²) in [5.74, 6) is 5.17. The number of likely N-dealkylation sites (tertiary alicyclic amines) is 1. The van der Waals surface area contributed by atoms with Crippen LogP contribution in [0.5, 0.6) is 0 Å². The maximum Gasteiger partial charge on any atom is 0.0164 e. The number of fused-ring (bicyclic) bond motifs is 5. The number of hydrogen-bond donors (Lipinski definition) is 1. The minimum absolute atomic E-state index is 0.464. The Bertz CT molecular complexity index is 287. The molecular formula is C14H24N2. The lowest BCUT2D eigenvalue weighted by Crippen LogP contribution is -2.47. The zero-order chi connectivity index (χ0) is 10.9. The van der Waals surface area contributed by atoms with Crippen LogP contribution in [0.25, 0.3) is 0 Å². The lowest BCUT2D eigenvalue weighted by Gasteiger charge is -2.36. The minimum Gasteiger partial charge on any atom is -0.327 e. The summed E-state index contributed by atoms with van der Waals surface area (Å²) in [4.78, 5) is 2.80. The number of nitrogens with zero attached hydrogens (tertiary/aromatic N) is 1. The third kappa shape index (κ3) is 1.20. The van der Waals surface area contributed by atoms with Crippen molar-refractivity contribution in [1.82, 2.24) is 4.90 Å². The summed E-state index contributed by atoms with van der Waals surface area (Å²) in [5.41, 5.74) is 6.12. The molecule has 0 spiro atoms. The average Bonchev–Trinajstić information content (AvgIpc) is 2.72. The van der Waals surface area contributed by atoms with Gasteiger partial charge in [-0.25, -0.2) is 0 Å². The van der Waals surface area contributed by atoms with Crippen LogP contribution in [0, 0.1) is 29.6 Å². The van der Waals surface area contributed by atoms with Gasteiger partial charge in [0.05, 0.1) is 0 Å². The highest BCUT2D eigenvalue weighted by molar-refractivity contribution is 5.17. The van der Waals surface area contributed by atoms with E-state index in [4.69, 9.17) is 5.73 Å². The Morgan fingerprint density at radius 2 is 1.75 bits per heavy atom. The zero-order valence-corrected chi connectivity index (χ0v) is 10.3. The van der Waals surface area contributed by atoms with Crippen molar-refractivity contribution in [1.29, 1.82) is 0 Å². The van der Waals surface area contributed by atoms with Gasteiger partial charge in [0, 0.05) is 18.6 Å². The van der Waals surface area contributed by atoms with Crippen molar-refractivity contribution >= 4 is 0 Å². The van der Waals surface area contributed by atoms with Crippen LogP contribution in [0.2, 0.25) is 0 Å². The summed E-state index contributed by atoms with van der Waals surface area (Å²) in [6, 6.07) is 1.45. The first-order valence-electron chi connectivity index (χ1n) is 7.25. The van der Waals surface area contributed by atoms with Gasteiger partial charge in [0.25, 0.3) is 0 Å². The molecule has 3 saturated carbocycles. The van der Waals surface area contributed by atoms with Crippen LogP contribution in [0.3, 0.4) is 0 Å². The summed E-state index contributed by atoms with van der Waals surface area (Å²) >= 11 is 0. The lowest BCUT2D eigenvalue weighted by molar-refractivity contribution is 0.134. The largest absolute Gasteiger partial charge is 0.327 e. The molecule has 0 aromatic heterocycles. The fraction of sp³-hybridized carbons (Fsp3) is 1.00. The SMILES string of the molecule is CC1CN(C2C3C4CCC(C4)C32)CCC1N. The predicted octanol–water partition coefficient (Wildman–Crippen LogP) is 1.70. The van der Waals surface area contributed by atoms with Crippen molar-refractivity contribution in [3.8, 4) is 0 Å². The van der Waals surface area contributed by atoms with Gasteiger partial charge < -0.3 is 5.73 Å². The Balaban J connectivity index is 1.46. The van der Waals surface area contributed by atoms with Gasteiger partial charge in [-0.2, -0.15) is 0 Å². The highest BCUT2D eigenvalue weighted by atomic mass is 15.2. The van der Waals surface area contributed by atoms with E-state index in [9.17, 15) is 0 Å². The van der Waals surface area contributed by atoms with E-state index < -0.39 is 0 Å². The van der Waals surface area contributed by atoms with Gasteiger partial charge >= 0.3 is 0 Å². The third-order valence-electron chi connectivity index (χ3n) is 6.12. The number of nitrogens with two attached hydrogens (primary N) is 1. The Kier molecular flexibility index (Phi) is 2.00. The first kappa shape index (κ1) is 9.90. The van der Waals surface area contributed by atoms with Crippen molar-refractivity contribution in [2.24, 2.45) is 35.3 Å². The van der Waals surface area contributed by atoms with Crippen LogP contribution in [0.1, 0.15) is 32.6 Å². The standard InChI is InChI=1S/C14H24N2/c1-8-7-16(5-4-11(8)15)14-12-9-2-3-10(6-9)13(12)14/h8-14H,2-7,15H2,1H3. The highest BCUT2D eigenvalue weighted by Crippen LogP contribution is 2.67. The smallest absolute Gasteiger partial charge is 0.0164 e. The van der Waals surface area contributed by atoms with E-state index in [0.29, 0.717) is 12.0 Å². The van der Waals surface area contributed by atoms with Gasteiger partial charge in [0.15, 0.2) is 0 Å². The van der Waals surface area contributed by atoms with E-state index in [2.05, 4.69) is 11.8 Å². The molecule has 0 radical (unpaired) electrons. The molecule has 1 saturated heterocycles. The van der Waals surface area contributed by atoms with Gasteiger partial charge in [-0.15, -0.1) is 0 Å². The Morgan fingerprint density at radius 3 is 2.38 bits per heavy atom. The second kappa shape index (κ2) is 3.23. The second-order valence-corrected chi connectivity index (χ2v) is 6.90. The minimum atomic E-state index is 0.464. The molecular weight excluding hydrogens is 196 g/mol. The monoisotopic (exact) mass is 220 g/mol. The van der Waals surface area contributed by atoms with Crippen molar-refractivity contribution in [2.45, 2.75) is 44.7 Å². The summed E-state index contributed by atoms with van der Waals surface area (Å²) in [6.07, 6.45) is 5.90. The lowest BCUT2D eigenvalue weighted by atomic mass is 9.93. The quantitative estimate of drug-likeness (QED) is 0.729. The fourth-order valence-electron chi connectivity index (χ4n) is 5.23. The van der Waals surface area contributed by atoms with E-state index >= 15 is 0 Å². The molecule has 0 aromatic carbocycles. The summed E-state index contributed by atoms with van der Waals surface area (Å²) < 4.78 is 0. The summed E-state index contributed by atoms with van der Waals surface area (Å²) in [5, 5.41) is 0. The first-order valence-corrected chi connectivity index (χ1v) is 7.25. The number of hydrogen-bond acceptors (Lipinski definition) is 2. The van der Waals surface area contributed by atoms with Crippen molar-refractivity contribution in [2.75, 3.05) is 13.1 Å². The Morgan fingerprint density at radius 1 is 1.06 bits per heavy atom. The van der Waals surface area contributed by atoms with Gasteiger partial charge in [0.2, 0.25) is 0 Å². The maximum atomic E-state index is 6.12. The van der Waals surface area contributed by atoms with Crippen LogP contribution < -0.4 is 5.73 Å². The number of piperidine rings is 1. The molecule has 3 aliphatic carbocycles. The van der Waals surface area contributed by atoms with E-state index in [1.165, 1.54) is 19.5 Å². The molecule has 4 aliphatic rings. The molecule has 4 fully saturated rings.